The van der Waals surface area contributed by atoms with Crippen LogP contribution in [0.3, 0.4) is 0 Å². The van der Waals surface area contributed by atoms with Gasteiger partial charge in [0.1, 0.15) is 5.76 Å². The van der Waals surface area contributed by atoms with Crippen molar-refractivity contribution in [2.45, 2.75) is 19.0 Å². The molecule has 0 saturated carbocycles. The van der Waals surface area contributed by atoms with Gasteiger partial charge < -0.3 is 9.52 Å². The van der Waals surface area contributed by atoms with E-state index in [1.165, 1.54) is 4.68 Å². The first-order valence-corrected chi connectivity index (χ1v) is 8.48. The fourth-order valence-corrected chi connectivity index (χ4v) is 2.85. The van der Waals surface area contributed by atoms with Crippen LogP contribution in [-0.4, -0.2) is 37.9 Å². The summed E-state index contributed by atoms with van der Waals surface area (Å²) < 4.78 is 6.86. The highest BCUT2D eigenvalue weighted by atomic mass is 32.2. The van der Waals surface area contributed by atoms with Crippen molar-refractivity contribution < 1.29 is 14.3 Å². The van der Waals surface area contributed by atoms with Gasteiger partial charge in [-0.05, 0) is 25.5 Å². The average molecular weight is 356 g/mol. The van der Waals surface area contributed by atoms with E-state index in [1.54, 1.807) is 18.5 Å². The number of aryl methyl sites for hydroxylation is 2. The Morgan fingerprint density at radius 1 is 1.36 bits per heavy atom. The van der Waals surface area contributed by atoms with Gasteiger partial charge in [-0.1, -0.05) is 41.6 Å². The molecule has 0 aliphatic heterocycles. The average Bonchev–Trinajstić information content (AvgIpc) is 3.16. The lowest BCUT2D eigenvalue weighted by Crippen LogP contribution is -2.01. The second-order valence-electron chi connectivity index (χ2n) is 5.35. The first-order valence-electron chi connectivity index (χ1n) is 7.50. The topological polar surface area (TPSA) is 93.5 Å². The smallest absolute Gasteiger partial charge is 0.313 e. The Kier molecular flexibility index (Phi) is 4.99. The molecule has 0 spiro atoms. The van der Waals surface area contributed by atoms with Crippen LogP contribution in [0, 0.1) is 13.8 Å². The lowest BCUT2D eigenvalue weighted by molar-refractivity contribution is -0.133. The molecule has 0 fully saturated rings. The number of hydrogen-bond donors (Lipinski definition) is 1. The molecule has 0 bridgehead atoms. The van der Waals surface area contributed by atoms with Crippen LogP contribution < -0.4 is 0 Å². The van der Waals surface area contributed by atoms with E-state index >= 15 is 0 Å². The molecule has 1 N–H and O–H groups in total. The highest BCUT2D eigenvalue weighted by Crippen LogP contribution is 2.26. The van der Waals surface area contributed by atoms with E-state index in [2.05, 4.69) is 15.3 Å². The SMILES string of the molecule is Cc1cccc(/C=N\n2c(SCC(=O)O)nnc2-c2ccoc2C)c1. The third-order valence-electron chi connectivity index (χ3n) is 3.40. The first kappa shape index (κ1) is 17.0. The van der Waals surface area contributed by atoms with Crippen LogP contribution in [0.2, 0.25) is 0 Å². The molecule has 7 nitrogen and oxygen atoms in total. The van der Waals surface area contributed by atoms with Gasteiger partial charge in [0, 0.05) is 0 Å². The van der Waals surface area contributed by atoms with Crippen molar-refractivity contribution >= 4 is 23.9 Å². The Balaban J connectivity index is 2.00. The van der Waals surface area contributed by atoms with Gasteiger partial charge in [-0.25, -0.2) is 0 Å². The summed E-state index contributed by atoms with van der Waals surface area (Å²) in [7, 11) is 0. The van der Waals surface area contributed by atoms with Crippen molar-refractivity contribution in [3.63, 3.8) is 0 Å². The number of furan rings is 1. The zero-order valence-corrected chi connectivity index (χ0v) is 14.5. The normalized spacial score (nSPS) is 11.3. The van der Waals surface area contributed by atoms with E-state index in [9.17, 15) is 4.79 Å². The number of thioether (sulfide) groups is 1. The van der Waals surface area contributed by atoms with Crippen LogP contribution in [0.5, 0.6) is 0 Å². The minimum atomic E-state index is -0.928. The first-order chi connectivity index (χ1) is 12.0. The molecule has 3 rings (SSSR count). The number of carboxylic acid groups (broad SMARTS) is 1. The number of hydrogen-bond acceptors (Lipinski definition) is 6. The standard InChI is InChI=1S/C17H16N4O3S/c1-11-4-3-5-13(8-11)9-18-21-16(14-6-7-24-12(14)2)19-20-17(21)25-10-15(22)23/h3-9H,10H2,1-2H3,(H,22,23)/b18-9-. The highest BCUT2D eigenvalue weighted by molar-refractivity contribution is 7.99. The Morgan fingerprint density at radius 2 is 2.20 bits per heavy atom. The summed E-state index contributed by atoms with van der Waals surface area (Å²) in [6.07, 6.45) is 3.26. The van der Waals surface area contributed by atoms with E-state index in [1.807, 2.05) is 38.1 Å². The minimum absolute atomic E-state index is 0.123. The molecule has 0 unspecified atom stereocenters. The molecule has 0 aliphatic rings. The van der Waals surface area contributed by atoms with Gasteiger partial charge >= 0.3 is 5.97 Å². The van der Waals surface area contributed by atoms with Crippen LogP contribution in [-0.2, 0) is 4.79 Å². The summed E-state index contributed by atoms with van der Waals surface area (Å²) in [5, 5.41) is 22.0. The number of carboxylic acids is 1. The minimum Gasteiger partial charge on any atom is -0.481 e. The van der Waals surface area contributed by atoms with Crippen LogP contribution in [0.1, 0.15) is 16.9 Å². The second kappa shape index (κ2) is 7.35. The molecular formula is C17H16N4O3S. The maximum atomic E-state index is 10.9. The molecule has 0 amide bonds. The second-order valence-corrected chi connectivity index (χ2v) is 6.29. The molecule has 25 heavy (non-hydrogen) atoms. The number of nitrogens with zero attached hydrogens (tertiary/aromatic N) is 4. The van der Waals surface area contributed by atoms with Gasteiger partial charge in [0.15, 0.2) is 5.82 Å². The maximum absolute atomic E-state index is 10.9. The van der Waals surface area contributed by atoms with Crippen LogP contribution in [0.4, 0.5) is 0 Å². The predicted octanol–water partition coefficient (Wildman–Crippen LogP) is 3.21. The van der Waals surface area contributed by atoms with Crippen molar-refractivity contribution in [1.29, 1.82) is 0 Å². The van der Waals surface area contributed by atoms with Crippen molar-refractivity contribution in [1.82, 2.24) is 14.9 Å². The predicted molar refractivity (Wildman–Crippen MR) is 95.0 cm³/mol. The zero-order valence-electron chi connectivity index (χ0n) is 13.7. The summed E-state index contributed by atoms with van der Waals surface area (Å²) in [5.74, 6) is 0.142. The Hall–Kier alpha value is -2.87. The van der Waals surface area contributed by atoms with Gasteiger partial charge in [-0.3, -0.25) is 4.79 Å². The lowest BCUT2D eigenvalue weighted by atomic mass is 10.2. The van der Waals surface area contributed by atoms with Gasteiger partial charge in [-0.2, -0.15) is 9.78 Å². The largest absolute Gasteiger partial charge is 0.481 e. The summed E-state index contributed by atoms with van der Waals surface area (Å²) in [4.78, 5) is 10.9. The molecule has 128 valence electrons. The number of rotatable bonds is 6. The van der Waals surface area contributed by atoms with Gasteiger partial charge in [-0.15, -0.1) is 10.2 Å². The number of aromatic nitrogens is 3. The summed E-state index contributed by atoms with van der Waals surface area (Å²) >= 11 is 1.06. The number of aliphatic carboxylic acids is 1. The molecule has 2 heterocycles. The Bertz CT molecular complexity index is 930. The van der Waals surface area contributed by atoms with Crippen molar-refractivity contribution in [3.05, 3.63) is 53.5 Å². The lowest BCUT2D eigenvalue weighted by Gasteiger charge is -2.03. The molecule has 2 aromatic heterocycles. The fourth-order valence-electron chi connectivity index (χ4n) is 2.25. The Labute approximate surface area is 148 Å². The fraction of sp³-hybridized carbons (Fsp3) is 0.176. The molecule has 0 radical (unpaired) electrons. The third kappa shape index (κ3) is 3.97. The molecule has 8 heteroatoms. The molecule has 3 aromatic rings. The summed E-state index contributed by atoms with van der Waals surface area (Å²) in [6.45, 7) is 3.83. The van der Waals surface area contributed by atoms with E-state index in [0.29, 0.717) is 16.7 Å². The molecule has 0 atom stereocenters. The Morgan fingerprint density at radius 3 is 2.88 bits per heavy atom. The molecular weight excluding hydrogens is 340 g/mol. The monoisotopic (exact) mass is 356 g/mol. The van der Waals surface area contributed by atoms with E-state index in [0.717, 1.165) is 28.5 Å². The van der Waals surface area contributed by atoms with Crippen LogP contribution >= 0.6 is 11.8 Å². The van der Waals surface area contributed by atoms with Crippen LogP contribution in [0.15, 0.2) is 51.3 Å². The molecule has 0 saturated heterocycles. The van der Waals surface area contributed by atoms with E-state index in [-0.39, 0.29) is 5.75 Å². The van der Waals surface area contributed by atoms with E-state index < -0.39 is 5.97 Å². The van der Waals surface area contributed by atoms with Crippen LogP contribution in [0.25, 0.3) is 11.4 Å². The van der Waals surface area contributed by atoms with Gasteiger partial charge in [0.2, 0.25) is 5.16 Å². The highest BCUT2D eigenvalue weighted by Gasteiger charge is 2.18. The zero-order chi connectivity index (χ0) is 17.8. The summed E-state index contributed by atoms with van der Waals surface area (Å²) in [6, 6.07) is 9.67. The number of benzene rings is 1. The molecule has 0 aliphatic carbocycles. The maximum Gasteiger partial charge on any atom is 0.313 e. The van der Waals surface area contributed by atoms with Crippen molar-refractivity contribution in [3.8, 4) is 11.4 Å². The quantitative estimate of drug-likeness (QED) is 0.538. The molecule has 1 aromatic carbocycles. The van der Waals surface area contributed by atoms with Gasteiger partial charge in [0.25, 0.3) is 0 Å². The van der Waals surface area contributed by atoms with Crippen molar-refractivity contribution in [2.24, 2.45) is 5.10 Å². The van der Waals surface area contributed by atoms with E-state index in [4.69, 9.17) is 9.52 Å². The summed E-state index contributed by atoms with van der Waals surface area (Å²) in [5.41, 5.74) is 2.81. The van der Waals surface area contributed by atoms with Crippen molar-refractivity contribution in [2.75, 3.05) is 5.75 Å². The number of carbonyl (C=O) groups is 1. The third-order valence-corrected chi connectivity index (χ3v) is 4.31. The van der Waals surface area contributed by atoms with Gasteiger partial charge in [0.05, 0.1) is 23.8 Å².